The number of anilines is 1. The van der Waals surface area contributed by atoms with E-state index in [1.54, 1.807) is 0 Å². The van der Waals surface area contributed by atoms with Crippen LogP contribution < -0.4 is 5.32 Å². The van der Waals surface area contributed by atoms with Crippen LogP contribution in [0.3, 0.4) is 0 Å². The molecule has 0 saturated heterocycles. The molecule has 1 atom stereocenters. The first-order valence-corrected chi connectivity index (χ1v) is 6.98. The van der Waals surface area contributed by atoms with Gasteiger partial charge in [-0.1, -0.05) is 53.2 Å². The molecule has 2 aromatic rings. The van der Waals surface area contributed by atoms with Crippen LogP contribution >= 0.6 is 15.9 Å². The van der Waals surface area contributed by atoms with E-state index in [0.717, 1.165) is 16.7 Å². The number of rotatable bonds is 4. The van der Waals surface area contributed by atoms with Crippen LogP contribution in [0.1, 0.15) is 24.0 Å². The summed E-state index contributed by atoms with van der Waals surface area (Å²) in [5.41, 5.74) is 2.84. The summed E-state index contributed by atoms with van der Waals surface area (Å²) in [5.74, 6) is 0.395. The molecular formula is C16H15BrN2. The number of nitriles is 1. The molecule has 2 aromatic carbocycles. The maximum absolute atomic E-state index is 9.09. The van der Waals surface area contributed by atoms with E-state index in [1.807, 2.05) is 36.4 Å². The van der Waals surface area contributed by atoms with Crippen LogP contribution in [0.2, 0.25) is 0 Å². The Morgan fingerprint density at radius 1 is 1.21 bits per heavy atom. The van der Waals surface area contributed by atoms with Crippen molar-refractivity contribution in [3.05, 3.63) is 64.1 Å². The van der Waals surface area contributed by atoms with Gasteiger partial charge in [-0.3, -0.25) is 0 Å². The lowest BCUT2D eigenvalue weighted by atomic mass is 10.0. The van der Waals surface area contributed by atoms with E-state index in [1.165, 1.54) is 5.56 Å². The first-order chi connectivity index (χ1) is 9.20. The van der Waals surface area contributed by atoms with Crippen molar-refractivity contribution in [2.24, 2.45) is 0 Å². The molecular weight excluding hydrogens is 300 g/mol. The highest BCUT2D eigenvalue weighted by molar-refractivity contribution is 9.10. The van der Waals surface area contributed by atoms with Crippen LogP contribution in [0.4, 0.5) is 5.69 Å². The van der Waals surface area contributed by atoms with Gasteiger partial charge in [-0.15, -0.1) is 0 Å². The van der Waals surface area contributed by atoms with E-state index in [4.69, 9.17) is 5.26 Å². The molecule has 0 saturated carbocycles. The molecule has 0 spiro atoms. The van der Waals surface area contributed by atoms with Crippen molar-refractivity contribution in [3.8, 4) is 6.07 Å². The summed E-state index contributed by atoms with van der Waals surface area (Å²) >= 11 is 3.43. The van der Waals surface area contributed by atoms with Crippen molar-refractivity contribution in [3.63, 3.8) is 0 Å². The molecule has 0 aromatic heterocycles. The fourth-order valence-electron chi connectivity index (χ4n) is 1.92. The zero-order valence-corrected chi connectivity index (χ0v) is 12.3. The first kappa shape index (κ1) is 13.6. The molecule has 19 heavy (non-hydrogen) atoms. The van der Waals surface area contributed by atoms with Crippen molar-refractivity contribution >= 4 is 21.6 Å². The average Bonchev–Trinajstić information content (AvgIpc) is 2.46. The lowest BCUT2D eigenvalue weighted by Crippen LogP contribution is -2.10. The maximum atomic E-state index is 9.09. The molecule has 3 heteroatoms. The second-order valence-electron chi connectivity index (χ2n) is 4.49. The third-order valence-electron chi connectivity index (χ3n) is 3.07. The molecule has 1 unspecified atom stereocenters. The van der Waals surface area contributed by atoms with Crippen LogP contribution in [0, 0.1) is 11.3 Å². The van der Waals surface area contributed by atoms with Gasteiger partial charge in [-0.25, -0.2) is 0 Å². The molecule has 2 nitrogen and oxygen atoms in total. The Kier molecular flexibility index (Phi) is 4.59. The van der Waals surface area contributed by atoms with Gasteiger partial charge >= 0.3 is 0 Å². The SMILES string of the molecule is CC(CNc1cc(Br)ccc1C#N)c1ccccc1. The van der Waals surface area contributed by atoms with Crippen LogP contribution in [-0.2, 0) is 0 Å². The van der Waals surface area contributed by atoms with Crippen molar-refractivity contribution < 1.29 is 0 Å². The summed E-state index contributed by atoms with van der Waals surface area (Å²) in [6, 6.07) is 18.2. The lowest BCUT2D eigenvalue weighted by molar-refractivity contribution is 0.804. The highest BCUT2D eigenvalue weighted by Gasteiger charge is 2.07. The number of hydrogen-bond acceptors (Lipinski definition) is 2. The third-order valence-corrected chi connectivity index (χ3v) is 3.56. The number of hydrogen-bond donors (Lipinski definition) is 1. The second kappa shape index (κ2) is 6.40. The summed E-state index contributed by atoms with van der Waals surface area (Å²) in [7, 11) is 0. The minimum Gasteiger partial charge on any atom is -0.383 e. The minimum absolute atomic E-state index is 0.395. The summed E-state index contributed by atoms with van der Waals surface area (Å²) in [5, 5.41) is 12.4. The van der Waals surface area contributed by atoms with Crippen LogP contribution in [-0.4, -0.2) is 6.54 Å². The molecule has 96 valence electrons. The van der Waals surface area contributed by atoms with Gasteiger partial charge in [-0.2, -0.15) is 5.26 Å². The quantitative estimate of drug-likeness (QED) is 0.899. The minimum atomic E-state index is 0.395. The van der Waals surface area contributed by atoms with Gasteiger partial charge in [0.2, 0.25) is 0 Å². The lowest BCUT2D eigenvalue weighted by Gasteiger charge is -2.15. The predicted molar refractivity (Wildman–Crippen MR) is 82.2 cm³/mol. The molecule has 2 rings (SSSR count). The molecule has 1 N–H and O–H groups in total. The highest BCUT2D eigenvalue weighted by Crippen LogP contribution is 2.22. The Morgan fingerprint density at radius 3 is 2.63 bits per heavy atom. The summed E-state index contributed by atoms with van der Waals surface area (Å²) in [6.07, 6.45) is 0. The van der Waals surface area contributed by atoms with Crippen LogP contribution in [0.5, 0.6) is 0 Å². The topological polar surface area (TPSA) is 35.8 Å². The monoisotopic (exact) mass is 314 g/mol. The fourth-order valence-corrected chi connectivity index (χ4v) is 2.28. The molecule has 0 aliphatic carbocycles. The predicted octanol–water partition coefficient (Wildman–Crippen LogP) is 4.54. The second-order valence-corrected chi connectivity index (χ2v) is 5.41. The van der Waals surface area contributed by atoms with Gasteiger partial charge in [0.15, 0.2) is 0 Å². The molecule has 0 amide bonds. The van der Waals surface area contributed by atoms with Crippen molar-refractivity contribution in [2.45, 2.75) is 12.8 Å². The Bertz CT molecular complexity index is 587. The van der Waals surface area contributed by atoms with E-state index >= 15 is 0 Å². The molecule has 0 fully saturated rings. The van der Waals surface area contributed by atoms with Crippen molar-refractivity contribution in [1.82, 2.24) is 0 Å². The van der Waals surface area contributed by atoms with E-state index in [2.05, 4.69) is 46.4 Å². The van der Waals surface area contributed by atoms with Gasteiger partial charge in [0.25, 0.3) is 0 Å². The van der Waals surface area contributed by atoms with E-state index < -0.39 is 0 Å². The number of nitrogens with one attached hydrogen (secondary N) is 1. The van der Waals surface area contributed by atoms with Gasteiger partial charge in [0.1, 0.15) is 6.07 Å². The van der Waals surface area contributed by atoms with Gasteiger partial charge in [0.05, 0.1) is 11.3 Å². The fraction of sp³-hybridized carbons (Fsp3) is 0.188. The Morgan fingerprint density at radius 2 is 1.95 bits per heavy atom. The standard InChI is InChI=1S/C16H15BrN2/c1-12(13-5-3-2-4-6-13)11-19-16-9-15(17)8-7-14(16)10-18/h2-9,12,19H,11H2,1H3. The molecule has 0 bridgehead atoms. The van der Waals surface area contributed by atoms with Gasteiger partial charge in [-0.05, 0) is 29.7 Å². The summed E-state index contributed by atoms with van der Waals surface area (Å²) < 4.78 is 0.973. The zero-order valence-electron chi connectivity index (χ0n) is 10.7. The third kappa shape index (κ3) is 3.59. The van der Waals surface area contributed by atoms with Crippen molar-refractivity contribution in [1.29, 1.82) is 5.26 Å². The van der Waals surface area contributed by atoms with E-state index in [-0.39, 0.29) is 0 Å². The number of nitrogens with zero attached hydrogens (tertiary/aromatic N) is 1. The largest absolute Gasteiger partial charge is 0.383 e. The smallest absolute Gasteiger partial charge is 0.101 e. The molecule has 0 heterocycles. The molecule has 0 aliphatic rings. The van der Waals surface area contributed by atoms with Crippen LogP contribution in [0.25, 0.3) is 0 Å². The summed E-state index contributed by atoms with van der Waals surface area (Å²) in [4.78, 5) is 0. The van der Waals surface area contributed by atoms with Crippen molar-refractivity contribution in [2.75, 3.05) is 11.9 Å². The van der Waals surface area contributed by atoms with Crippen LogP contribution in [0.15, 0.2) is 53.0 Å². The summed E-state index contributed by atoms with van der Waals surface area (Å²) in [6.45, 7) is 2.97. The van der Waals surface area contributed by atoms with Gasteiger partial charge in [0, 0.05) is 11.0 Å². The Labute approximate surface area is 122 Å². The number of halogens is 1. The number of benzene rings is 2. The first-order valence-electron chi connectivity index (χ1n) is 6.19. The Balaban J connectivity index is 2.07. The maximum Gasteiger partial charge on any atom is 0.101 e. The molecule has 0 aliphatic heterocycles. The zero-order chi connectivity index (χ0) is 13.7. The van der Waals surface area contributed by atoms with E-state index in [0.29, 0.717) is 11.5 Å². The molecule has 0 radical (unpaired) electrons. The highest BCUT2D eigenvalue weighted by atomic mass is 79.9. The van der Waals surface area contributed by atoms with Gasteiger partial charge < -0.3 is 5.32 Å². The Hall–Kier alpha value is -1.79. The normalized spacial score (nSPS) is 11.6. The average molecular weight is 315 g/mol. The van der Waals surface area contributed by atoms with E-state index in [9.17, 15) is 0 Å².